The first-order valence-electron chi connectivity index (χ1n) is 9.23. The lowest BCUT2D eigenvalue weighted by molar-refractivity contribution is 0.103. The molecule has 11 heteroatoms. The standard InChI is InChI=1S/C19H20ClFN6O3/c1-8-13-17(22)23-7-24-18(13)27(25-8)9(2)11-4-12(20)15(21)14(16(11)30-3)10-5-26(6-10)19(28)29/h4,7,9-10H,5-6H2,1-3H3,(H,28,29)(H2,22,23,24). The van der Waals surface area contributed by atoms with Gasteiger partial charge in [-0.25, -0.2) is 23.8 Å². The first kappa shape index (κ1) is 20.1. The van der Waals surface area contributed by atoms with Crippen molar-refractivity contribution in [2.24, 2.45) is 0 Å². The van der Waals surface area contributed by atoms with Crippen LogP contribution in [0, 0.1) is 12.7 Å². The number of likely N-dealkylation sites (tertiary alicyclic amines) is 1. The summed E-state index contributed by atoms with van der Waals surface area (Å²) in [4.78, 5) is 20.7. The number of hydrogen-bond donors (Lipinski definition) is 2. The van der Waals surface area contributed by atoms with Crippen molar-refractivity contribution in [3.05, 3.63) is 40.1 Å². The molecule has 1 aliphatic heterocycles. The summed E-state index contributed by atoms with van der Waals surface area (Å²) in [6.45, 7) is 4.01. The van der Waals surface area contributed by atoms with Gasteiger partial charge in [0.15, 0.2) is 5.65 Å². The molecule has 1 unspecified atom stereocenters. The fraction of sp³-hybridized carbons (Fsp3) is 0.368. The van der Waals surface area contributed by atoms with Gasteiger partial charge in [-0.15, -0.1) is 0 Å². The molecular weight excluding hydrogens is 415 g/mol. The van der Waals surface area contributed by atoms with Gasteiger partial charge in [0.25, 0.3) is 0 Å². The smallest absolute Gasteiger partial charge is 0.407 e. The van der Waals surface area contributed by atoms with E-state index < -0.39 is 18.0 Å². The van der Waals surface area contributed by atoms with Crippen LogP contribution in [0.2, 0.25) is 5.02 Å². The van der Waals surface area contributed by atoms with Crippen molar-refractivity contribution in [1.82, 2.24) is 24.6 Å². The maximum absolute atomic E-state index is 15.0. The molecule has 158 valence electrons. The number of nitrogens with zero attached hydrogens (tertiary/aromatic N) is 5. The number of nitrogens with two attached hydrogens (primary N) is 1. The van der Waals surface area contributed by atoms with Crippen molar-refractivity contribution in [1.29, 1.82) is 0 Å². The molecule has 30 heavy (non-hydrogen) atoms. The summed E-state index contributed by atoms with van der Waals surface area (Å²) in [7, 11) is 1.45. The molecule has 0 radical (unpaired) electrons. The molecule has 0 aliphatic carbocycles. The highest BCUT2D eigenvalue weighted by atomic mass is 35.5. The Balaban J connectivity index is 1.84. The lowest BCUT2D eigenvalue weighted by Crippen LogP contribution is -2.48. The molecule has 3 N–H and O–H groups in total. The van der Waals surface area contributed by atoms with Crippen LogP contribution in [0.3, 0.4) is 0 Å². The minimum Gasteiger partial charge on any atom is -0.496 e. The highest BCUT2D eigenvalue weighted by Crippen LogP contribution is 2.43. The molecule has 1 aliphatic rings. The number of carbonyl (C=O) groups is 1. The number of aromatic nitrogens is 4. The Labute approximate surface area is 176 Å². The summed E-state index contributed by atoms with van der Waals surface area (Å²) in [5, 5.41) is 14.2. The number of hydrogen-bond acceptors (Lipinski definition) is 6. The zero-order valence-corrected chi connectivity index (χ0v) is 17.3. The Morgan fingerprint density at radius 1 is 1.43 bits per heavy atom. The number of aryl methyl sites for hydroxylation is 1. The van der Waals surface area contributed by atoms with Crippen LogP contribution >= 0.6 is 11.6 Å². The molecule has 0 saturated carbocycles. The van der Waals surface area contributed by atoms with E-state index in [2.05, 4.69) is 15.1 Å². The van der Waals surface area contributed by atoms with Gasteiger partial charge in [0.2, 0.25) is 0 Å². The quantitative estimate of drug-likeness (QED) is 0.646. The third-order valence-electron chi connectivity index (χ3n) is 5.51. The Morgan fingerprint density at radius 3 is 2.77 bits per heavy atom. The highest BCUT2D eigenvalue weighted by molar-refractivity contribution is 6.31. The van der Waals surface area contributed by atoms with Crippen LogP contribution in [-0.4, -0.2) is 56.0 Å². The Kier molecular flexibility index (Phi) is 4.89. The summed E-state index contributed by atoms with van der Waals surface area (Å²) >= 11 is 6.22. The zero-order chi connectivity index (χ0) is 21.7. The van der Waals surface area contributed by atoms with E-state index in [0.717, 1.165) is 0 Å². The van der Waals surface area contributed by atoms with Crippen molar-refractivity contribution in [2.45, 2.75) is 25.8 Å². The summed E-state index contributed by atoms with van der Waals surface area (Å²) in [6.07, 6.45) is 0.314. The third kappa shape index (κ3) is 2.98. The predicted molar refractivity (Wildman–Crippen MR) is 109 cm³/mol. The van der Waals surface area contributed by atoms with Gasteiger partial charge in [-0.2, -0.15) is 5.10 Å². The summed E-state index contributed by atoms with van der Waals surface area (Å²) in [6, 6.07) is 1.09. The van der Waals surface area contributed by atoms with Crippen molar-refractivity contribution in [3.8, 4) is 5.75 Å². The topological polar surface area (TPSA) is 119 Å². The molecule has 1 saturated heterocycles. The number of halogens is 2. The van der Waals surface area contributed by atoms with E-state index in [4.69, 9.17) is 27.2 Å². The SMILES string of the molecule is COc1c(C(C)n2nc(C)c3c(N)ncnc32)cc(Cl)c(F)c1C1CN(C(=O)O)C1. The van der Waals surface area contributed by atoms with Crippen molar-refractivity contribution in [3.63, 3.8) is 0 Å². The molecule has 0 bridgehead atoms. The van der Waals surface area contributed by atoms with E-state index >= 15 is 0 Å². The fourth-order valence-electron chi connectivity index (χ4n) is 3.94. The molecular formula is C19H20ClFN6O3. The fourth-order valence-corrected chi connectivity index (χ4v) is 4.16. The summed E-state index contributed by atoms with van der Waals surface area (Å²) in [5.41, 5.74) is 8.06. The monoisotopic (exact) mass is 434 g/mol. The second kappa shape index (κ2) is 7.28. The highest BCUT2D eigenvalue weighted by Gasteiger charge is 2.37. The van der Waals surface area contributed by atoms with Crippen molar-refractivity contribution >= 4 is 34.5 Å². The molecule has 2 aromatic heterocycles. The van der Waals surface area contributed by atoms with Crippen LogP contribution in [-0.2, 0) is 0 Å². The molecule has 3 aromatic rings. The van der Waals surface area contributed by atoms with E-state index in [0.29, 0.717) is 33.9 Å². The largest absolute Gasteiger partial charge is 0.496 e. The number of carboxylic acid groups (broad SMARTS) is 1. The number of methoxy groups -OCH3 is 1. The third-order valence-corrected chi connectivity index (χ3v) is 5.78. The van der Waals surface area contributed by atoms with Crippen LogP contribution in [0.1, 0.15) is 35.7 Å². The Morgan fingerprint density at radius 2 is 2.13 bits per heavy atom. The summed E-state index contributed by atoms with van der Waals surface area (Å²) < 4.78 is 22.2. The maximum Gasteiger partial charge on any atom is 0.407 e. The molecule has 9 nitrogen and oxygen atoms in total. The maximum atomic E-state index is 15.0. The number of benzene rings is 1. The van der Waals surface area contributed by atoms with E-state index in [1.54, 1.807) is 11.6 Å². The summed E-state index contributed by atoms with van der Waals surface area (Å²) in [5.74, 6) is -0.311. The minimum atomic E-state index is -1.04. The molecule has 1 fully saturated rings. The Hall–Kier alpha value is -3.14. The molecule has 4 rings (SSSR count). The second-order valence-corrected chi connectivity index (χ2v) is 7.66. The number of amides is 1. The molecule has 1 amide bonds. The number of ether oxygens (including phenoxy) is 1. The van der Waals surface area contributed by atoms with E-state index in [9.17, 15) is 9.18 Å². The van der Waals surface area contributed by atoms with E-state index in [1.807, 2.05) is 6.92 Å². The van der Waals surface area contributed by atoms with Crippen LogP contribution in [0.15, 0.2) is 12.4 Å². The van der Waals surface area contributed by atoms with Gasteiger partial charge in [-0.05, 0) is 19.9 Å². The zero-order valence-electron chi connectivity index (χ0n) is 16.6. The number of fused-ring (bicyclic) bond motifs is 1. The number of rotatable bonds is 4. The molecule has 3 heterocycles. The molecule has 1 aromatic carbocycles. The number of anilines is 1. The van der Waals surface area contributed by atoms with Gasteiger partial charge in [0.1, 0.15) is 23.7 Å². The minimum absolute atomic E-state index is 0.0660. The number of nitrogen functional groups attached to an aromatic ring is 1. The lowest BCUT2D eigenvalue weighted by Gasteiger charge is -2.38. The predicted octanol–water partition coefficient (Wildman–Crippen LogP) is 3.20. The van der Waals surface area contributed by atoms with E-state index in [1.165, 1.54) is 24.4 Å². The second-order valence-electron chi connectivity index (χ2n) is 7.26. The van der Waals surface area contributed by atoms with Crippen LogP contribution in [0.25, 0.3) is 11.0 Å². The van der Waals surface area contributed by atoms with Gasteiger partial charge in [-0.3, -0.25) is 0 Å². The first-order valence-corrected chi connectivity index (χ1v) is 9.61. The van der Waals surface area contributed by atoms with Gasteiger partial charge in [0, 0.05) is 30.1 Å². The van der Waals surface area contributed by atoms with Crippen LogP contribution in [0.4, 0.5) is 15.0 Å². The Bertz CT molecular complexity index is 1160. The van der Waals surface area contributed by atoms with Crippen LogP contribution < -0.4 is 10.5 Å². The lowest BCUT2D eigenvalue weighted by atomic mass is 9.88. The average molecular weight is 435 g/mol. The van der Waals surface area contributed by atoms with Gasteiger partial charge >= 0.3 is 6.09 Å². The molecule has 1 atom stereocenters. The van der Waals surface area contributed by atoms with Gasteiger partial charge in [0.05, 0.1) is 29.3 Å². The van der Waals surface area contributed by atoms with Crippen LogP contribution in [0.5, 0.6) is 5.75 Å². The van der Waals surface area contributed by atoms with E-state index in [-0.39, 0.29) is 29.6 Å². The van der Waals surface area contributed by atoms with Gasteiger partial charge < -0.3 is 20.5 Å². The van der Waals surface area contributed by atoms with Crippen molar-refractivity contribution in [2.75, 3.05) is 25.9 Å². The first-order chi connectivity index (χ1) is 14.2. The van der Waals surface area contributed by atoms with Gasteiger partial charge in [-0.1, -0.05) is 11.6 Å². The molecule has 0 spiro atoms. The van der Waals surface area contributed by atoms with Crippen molar-refractivity contribution < 1.29 is 19.0 Å². The average Bonchev–Trinajstić information content (AvgIpc) is 3.00. The normalized spacial score (nSPS) is 15.3.